The van der Waals surface area contributed by atoms with Crippen LogP contribution in [0, 0.1) is 18.8 Å². The van der Waals surface area contributed by atoms with E-state index >= 15 is 0 Å². The first-order valence-corrected chi connectivity index (χ1v) is 21.9. The van der Waals surface area contributed by atoms with Gasteiger partial charge in [-0.3, -0.25) is 19.5 Å². The van der Waals surface area contributed by atoms with Crippen molar-refractivity contribution < 1.29 is 46.6 Å². The number of halogens is 4. The number of carbonyl (C=O) groups excluding carboxylic acids is 4. The second kappa shape index (κ2) is 20.5. The molecular weight excluding hydrogens is 849 g/mol. The summed E-state index contributed by atoms with van der Waals surface area (Å²) in [5.74, 6) is -12.4. The Morgan fingerprint density at radius 2 is 1.54 bits per heavy atom. The lowest BCUT2D eigenvalue weighted by Gasteiger charge is -2.29. The first-order valence-electron chi connectivity index (χ1n) is 21.9. The minimum absolute atomic E-state index is 0.101. The number of anilines is 1. The maximum atomic E-state index is 14.3. The highest BCUT2D eigenvalue weighted by atomic mass is 19.3. The molecule has 65 heavy (non-hydrogen) atoms. The van der Waals surface area contributed by atoms with E-state index < -0.39 is 47.9 Å². The SMILES string of the molecule is Cc1cc(C(=O)NC2CCN(C)CC2)ccc1-c1ccc(C[C@H](NC(=O)C2CCC(CNC(=O)OC(C)(C)C)CC2)C(=O)Nc2ccc(-c3n[nH]c(C(F)(F)C(F)(F)CO)n3)cc2)cc1. The van der Waals surface area contributed by atoms with Gasteiger partial charge < -0.3 is 36.0 Å². The summed E-state index contributed by atoms with van der Waals surface area (Å²) >= 11 is 0. The van der Waals surface area contributed by atoms with E-state index in [2.05, 4.69) is 43.3 Å². The number of aliphatic hydroxyl groups excluding tert-OH is 1. The van der Waals surface area contributed by atoms with Crippen LogP contribution >= 0.6 is 0 Å². The largest absolute Gasteiger partial charge is 0.444 e. The van der Waals surface area contributed by atoms with Gasteiger partial charge in [0.1, 0.15) is 18.2 Å². The van der Waals surface area contributed by atoms with E-state index in [4.69, 9.17) is 9.84 Å². The summed E-state index contributed by atoms with van der Waals surface area (Å²) in [6.45, 7) is 7.52. The van der Waals surface area contributed by atoms with Gasteiger partial charge in [-0.25, -0.2) is 9.78 Å². The fraction of sp³-hybridized carbons (Fsp3) is 0.489. The number of nitrogens with one attached hydrogen (secondary N) is 5. The number of hydrogen-bond acceptors (Lipinski definition) is 9. The van der Waals surface area contributed by atoms with Crippen LogP contribution in [0.1, 0.15) is 86.6 Å². The molecule has 1 aliphatic heterocycles. The summed E-state index contributed by atoms with van der Waals surface area (Å²) < 4.78 is 61.4. The highest BCUT2D eigenvalue weighted by Gasteiger charge is 2.59. The molecule has 0 bridgehead atoms. The van der Waals surface area contributed by atoms with Crippen LogP contribution in [-0.2, 0) is 26.7 Å². The molecule has 2 aliphatic rings. The fourth-order valence-electron chi connectivity index (χ4n) is 8.01. The molecule has 3 aromatic carbocycles. The van der Waals surface area contributed by atoms with E-state index in [0.717, 1.165) is 48.2 Å². The van der Waals surface area contributed by atoms with Crippen molar-refractivity contribution in [3.8, 4) is 22.5 Å². The number of alkyl carbamates (subject to hydrolysis) is 1. The van der Waals surface area contributed by atoms with Crippen molar-refractivity contribution in [2.24, 2.45) is 11.8 Å². The normalized spacial score (nSPS) is 18.1. The summed E-state index contributed by atoms with van der Waals surface area (Å²) in [6.07, 6.45) is 3.94. The standard InChI is InChI=1S/C47H58F4N8O6/c1-28-24-34(41(62)53-36-20-22-59(5)23-21-36)16-19-37(28)31-10-6-29(7-11-31)25-38(55-40(61)33-12-8-30(9-13-33)26-52-44(64)65-45(2,3)4)42(63)54-35-17-14-32(15-18-35)39-56-43(58-57-39)47(50,51)46(48,49)27-60/h6-7,10-11,14-19,24,30,33,36,38,60H,8-9,12-13,20-23,25-27H2,1-5H3,(H,52,64)(H,53,62)(H,54,63)(H,55,61)(H,56,57,58)/t30?,33?,38-/m0/s1. The van der Waals surface area contributed by atoms with Gasteiger partial charge >= 0.3 is 17.9 Å². The smallest absolute Gasteiger partial charge is 0.407 e. The monoisotopic (exact) mass is 906 g/mol. The van der Waals surface area contributed by atoms with E-state index in [9.17, 15) is 36.7 Å². The number of aliphatic hydroxyl groups is 1. The third-order valence-electron chi connectivity index (χ3n) is 11.9. The Kier molecular flexibility index (Phi) is 15.3. The first kappa shape index (κ1) is 48.6. The second-order valence-corrected chi connectivity index (χ2v) is 18.2. The number of hydrogen-bond donors (Lipinski definition) is 6. The zero-order chi connectivity index (χ0) is 47.1. The summed E-state index contributed by atoms with van der Waals surface area (Å²) in [7, 11) is 2.07. The molecule has 1 atom stereocenters. The Hall–Kier alpha value is -5.88. The van der Waals surface area contributed by atoms with Crippen molar-refractivity contribution in [2.75, 3.05) is 38.6 Å². The maximum absolute atomic E-state index is 14.3. The van der Waals surface area contributed by atoms with Crippen molar-refractivity contribution >= 4 is 29.5 Å². The van der Waals surface area contributed by atoms with Gasteiger partial charge in [0.15, 0.2) is 5.82 Å². The maximum Gasteiger partial charge on any atom is 0.407 e. The number of piperidine rings is 1. The average molecular weight is 907 g/mol. The summed E-state index contributed by atoms with van der Waals surface area (Å²) in [6, 6.07) is 18.1. The van der Waals surface area contributed by atoms with Gasteiger partial charge in [0.05, 0.1) is 0 Å². The minimum atomic E-state index is -4.81. The Bertz CT molecular complexity index is 2280. The van der Waals surface area contributed by atoms with Crippen LogP contribution in [0.2, 0.25) is 0 Å². The fourth-order valence-corrected chi connectivity index (χ4v) is 8.01. The molecule has 1 aliphatic carbocycles. The molecule has 18 heteroatoms. The lowest BCUT2D eigenvalue weighted by Crippen LogP contribution is -2.48. The number of aromatic nitrogens is 3. The molecule has 6 rings (SSSR count). The van der Waals surface area contributed by atoms with E-state index in [-0.39, 0.29) is 53.2 Å². The van der Waals surface area contributed by atoms with Crippen molar-refractivity contribution in [1.82, 2.24) is 36.0 Å². The molecule has 2 heterocycles. The third-order valence-corrected chi connectivity index (χ3v) is 11.9. The van der Waals surface area contributed by atoms with Gasteiger partial charge in [0.25, 0.3) is 5.91 Å². The van der Waals surface area contributed by atoms with Gasteiger partial charge in [-0.05, 0) is 151 Å². The Morgan fingerprint density at radius 3 is 2.15 bits per heavy atom. The number of aromatic amines is 1. The van der Waals surface area contributed by atoms with Gasteiger partial charge in [-0.15, -0.1) is 0 Å². The number of benzene rings is 3. The van der Waals surface area contributed by atoms with Crippen LogP contribution in [0.5, 0.6) is 0 Å². The van der Waals surface area contributed by atoms with Gasteiger partial charge in [-0.1, -0.05) is 30.3 Å². The molecule has 0 spiro atoms. The molecule has 0 unspecified atom stereocenters. The summed E-state index contributed by atoms with van der Waals surface area (Å²) in [5.41, 5.74) is 3.96. The third kappa shape index (κ3) is 12.7. The van der Waals surface area contributed by atoms with E-state index in [1.165, 1.54) is 24.3 Å². The topological polar surface area (TPSA) is 191 Å². The highest BCUT2D eigenvalue weighted by Crippen LogP contribution is 2.41. The molecule has 14 nitrogen and oxygen atoms in total. The van der Waals surface area contributed by atoms with Crippen LogP contribution < -0.4 is 21.3 Å². The zero-order valence-electron chi connectivity index (χ0n) is 37.3. The molecule has 4 aromatic rings. The molecule has 6 N–H and O–H groups in total. The molecule has 1 aromatic heterocycles. The minimum Gasteiger partial charge on any atom is -0.444 e. The molecule has 2 fully saturated rings. The number of amides is 4. The molecule has 1 saturated carbocycles. The van der Waals surface area contributed by atoms with Crippen LogP contribution in [0.25, 0.3) is 22.5 Å². The lowest BCUT2D eigenvalue weighted by atomic mass is 9.81. The van der Waals surface area contributed by atoms with Gasteiger partial charge in [0.2, 0.25) is 17.6 Å². The van der Waals surface area contributed by atoms with Crippen molar-refractivity contribution in [3.63, 3.8) is 0 Å². The number of rotatable bonds is 15. The van der Waals surface area contributed by atoms with E-state index in [1.807, 2.05) is 54.5 Å². The summed E-state index contributed by atoms with van der Waals surface area (Å²) in [5, 5.41) is 26.0. The van der Waals surface area contributed by atoms with Crippen molar-refractivity contribution in [2.45, 2.75) is 102 Å². The van der Waals surface area contributed by atoms with Crippen LogP contribution in [0.4, 0.5) is 28.0 Å². The number of H-pyrrole nitrogens is 1. The van der Waals surface area contributed by atoms with E-state index in [0.29, 0.717) is 37.8 Å². The second-order valence-electron chi connectivity index (χ2n) is 18.2. The van der Waals surface area contributed by atoms with Crippen LogP contribution in [0.3, 0.4) is 0 Å². The lowest BCUT2D eigenvalue weighted by molar-refractivity contribution is -0.236. The predicted molar refractivity (Wildman–Crippen MR) is 236 cm³/mol. The number of nitrogens with zero attached hydrogens (tertiary/aromatic N) is 3. The number of aryl methyl sites for hydroxylation is 1. The molecule has 4 amide bonds. The molecule has 1 saturated heterocycles. The Balaban J connectivity index is 1.13. The Labute approximate surface area is 375 Å². The number of likely N-dealkylation sites (tertiary alicyclic amines) is 1. The van der Waals surface area contributed by atoms with Crippen molar-refractivity contribution in [3.05, 3.63) is 89.2 Å². The quantitative estimate of drug-likeness (QED) is 0.0684. The average Bonchev–Trinajstić information content (AvgIpc) is 3.78. The molecular formula is C47H58F4N8O6. The number of carbonyl (C=O) groups is 4. The van der Waals surface area contributed by atoms with Crippen molar-refractivity contribution in [1.29, 1.82) is 0 Å². The predicted octanol–water partition coefficient (Wildman–Crippen LogP) is 6.99. The van der Waals surface area contributed by atoms with Gasteiger partial charge in [-0.2, -0.15) is 22.7 Å². The molecule has 350 valence electrons. The number of alkyl halides is 4. The zero-order valence-corrected chi connectivity index (χ0v) is 37.3. The van der Waals surface area contributed by atoms with E-state index in [1.54, 1.807) is 20.8 Å². The van der Waals surface area contributed by atoms with Crippen LogP contribution in [-0.4, -0.2) is 106 Å². The first-order chi connectivity index (χ1) is 30.7. The molecule has 0 radical (unpaired) electrons. The van der Waals surface area contributed by atoms with Crippen LogP contribution in [0.15, 0.2) is 66.7 Å². The summed E-state index contributed by atoms with van der Waals surface area (Å²) in [4.78, 5) is 58.8. The number of ether oxygens (including phenoxy) is 1. The highest BCUT2D eigenvalue weighted by molar-refractivity contribution is 5.98. The van der Waals surface area contributed by atoms with Gasteiger partial charge in [0, 0.05) is 41.7 Å². The Morgan fingerprint density at radius 1 is 0.892 bits per heavy atom.